The lowest BCUT2D eigenvalue weighted by atomic mass is 10.2. The van der Waals surface area contributed by atoms with Gasteiger partial charge >= 0.3 is 11.8 Å². The van der Waals surface area contributed by atoms with Gasteiger partial charge in [0.2, 0.25) is 0 Å². The molecule has 12 heteroatoms. The van der Waals surface area contributed by atoms with Crippen molar-refractivity contribution in [3.63, 3.8) is 0 Å². The molecule has 1 amide bonds. The third kappa shape index (κ3) is 5.19. The topological polar surface area (TPSA) is 108 Å². The Morgan fingerprint density at radius 2 is 1.69 bits per heavy atom. The molecular weight excluding hydrogens is 548 g/mol. The quantitative estimate of drug-likeness (QED) is 0.374. The minimum absolute atomic E-state index is 0.0247. The molecule has 1 unspecified atom stereocenters. The fourth-order valence-electron chi connectivity index (χ4n) is 5.40. The SMILES string of the molecule is CC(C)(C)OC(=O)NC1[C@H]2CN(c3nc4c(cc3F)c(=O)n(OCc3ccccc3)c(=O)n4-c3ccc(F)cc3)C[C@@H]12. The monoisotopic (exact) mass is 577 g/mol. The minimum Gasteiger partial charge on any atom is -0.444 e. The molecule has 1 N–H and O–H groups in total. The normalized spacial score (nSPS) is 19.5. The number of nitrogens with zero attached hydrogens (tertiary/aromatic N) is 4. The van der Waals surface area contributed by atoms with Crippen molar-refractivity contribution in [1.29, 1.82) is 0 Å². The van der Waals surface area contributed by atoms with E-state index in [0.29, 0.717) is 23.4 Å². The molecule has 10 nitrogen and oxygen atoms in total. The summed E-state index contributed by atoms with van der Waals surface area (Å²) in [5, 5.41) is 2.69. The van der Waals surface area contributed by atoms with E-state index < -0.39 is 34.6 Å². The van der Waals surface area contributed by atoms with E-state index in [9.17, 15) is 18.8 Å². The standard InChI is InChI=1S/C30H29F2N5O5/c1-30(2,3)42-28(39)33-24-21-14-35(15-22(21)24)26-23(32)13-20-25(34-26)36(19-11-9-18(31)10-12-19)29(40)37(27(20)38)41-16-17-7-5-4-6-8-17/h4-13,21-22,24H,14-16H2,1-3H3,(H,33,39)/t21-,22+,24?. The molecule has 1 saturated carbocycles. The van der Waals surface area contributed by atoms with Gasteiger partial charge in [0, 0.05) is 31.0 Å². The molecule has 3 atom stereocenters. The molecule has 42 heavy (non-hydrogen) atoms. The maximum absolute atomic E-state index is 15.5. The van der Waals surface area contributed by atoms with Crippen LogP contribution in [0.2, 0.25) is 0 Å². The molecular formula is C30H29F2N5O5. The van der Waals surface area contributed by atoms with Gasteiger partial charge in [0.1, 0.15) is 18.0 Å². The van der Waals surface area contributed by atoms with E-state index in [1.807, 2.05) is 6.07 Å². The van der Waals surface area contributed by atoms with Crippen molar-refractivity contribution < 1.29 is 23.1 Å². The number of hydrogen-bond acceptors (Lipinski definition) is 7. The van der Waals surface area contributed by atoms with Crippen LogP contribution in [-0.2, 0) is 11.3 Å². The Labute approximate surface area is 239 Å². The number of piperidine rings is 1. The average Bonchev–Trinajstić information content (AvgIpc) is 3.35. The summed E-state index contributed by atoms with van der Waals surface area (Å²) in [5.74, 6) is -1.13. The summed E-state index contributed by atoms with van der Waals surface area (Å²) in [6.45, 7) is 6.09. The van der Waals surface area contributed by atoms with Crippen molar-refractivity contribution in [2.24, 2.45) is 11.8 Å². The first kappa shape index (κ1) is 27.4. The zero-order chi connectivity index (χ0) is 29.8. The molecule has 1 aliphatic heterocycles. The highest BCUT2D eigenvalue weighted by molar-refractivity contribution is 5.78. The van der Waals surface area contributed by atoms with Gasteiger partial charge in [-0.3, -0.25) is 4.79 Å². The Balaban J connectivity index is 1.34. The predicted octanol–water partition coefficient (Wildman–Crippen LogP) is 3.41. The van der Waals surface area contributed by atoms with Crippen LogP contribution in [-0.4, -0.2) is 45.1 Å². The average molecular weight is 578 g/mol. The highest BCUT2D eigenvalue weighted by Gasteiger charge is 2.57. The number of hydrogen-bond donors (Lipinski definition) is 1. The zero-order valence-corrected chi connectivity index (χ0v) is 23.2. The van der Waals surface area contributed by atoms with Crippen LogP contribution < -0.4 is 26.3 Å². The van der Waals surface area contributed by atoms with Crippen LogP contribution in [0.25, 0.3) is 16.7 Å². The van der Waals surface area contributed by atoms with E-state index in [1.54, 1.807) is 49.9 Å². The maximum Gasteiger partial charge on any atom is 0.407 e. The highest BCUT2D eigenvalue weighted by atomic mass is 19.1. The molecule has 3 heterocycles. The van der Waals surface area contributed by atoms with E-state index >= 15 is 4.39 Å². The summed E-state index contributed by atoms with van der Waals surface area (Å²) in [7, 11) is 0. The van der Waals surface area contributed by atoms with E-state index in [-0.39, 0.29) is 47.0 Å². The number of aromatic nitrogens is 3. The van der Waals surface area contributed by atoms with Crippen LogP contribution in [0, 0.1) is 23.5 Å². The molecule has 6 rings (SSSR count). The number of alkyl carbamates (subject to hydrolysis) is 1. The smallest absolute Gasteiger partial charge is 0.407 e. The van der Waals surface area contributed by atoms with Crippen molar-refractivity contribution in [1.82, 2.24) is 19.6 Å². The lowest BCUT2D eigenvalue weighted by Gasteiger charge is -2.24. The van der Waals surface area contributed by atoms with Gasteiger partial charge in [-0.1, -0.05) is 35.1 Å². The summed E-state index contributed by atoms with van der Waals surface area (Å²) in [5.41, 5.74) is -1.51. The van der Waals surface area contributed by atoms with Gasteiger partial charge < -0.3 is 19.8 Å². The van der Waals surface area contributed by atoms with E-state index in [1.165, 1.54) is 24.3 Å². The number of ether oxygens (including phenoxy) is 1. The summed E-state index contributed by atoms with van der Waals surface area (Å²) in [6.07, 6.45) is -0.502. The number of halogens is 2. The largest absolute Gasteiger partial charge is 0.444 e. The van der Waals surface area contributed by atoms with Gasteiger partial charge in [0.25, 0.3) is 5.56 Å². The van der Waals surface area contributed by atoms with Gasteiger partial charge in [-0.25, -0.2) is 27.9 Å². The second kappa shape index (κ2) is 10.3. The number of amides is 1. The van der Waals surface area contributed by atoms with Crippen molar-refractivity contribution in [3.05, 3.63) is 98.7 Å². The maximum atomic E-state index is 15.5. The molecule has 2 fully saturated rings. The highest BCUT2D eigenvalue weighted by Crippen LogP contribution is 2.47. The first-order valence-electron chi connectivity index (χ1n) is 13.6. The predicted molar refractivity (Wildman–Crippen MR) is 151 cm³/mol. The van der Waals surface area contributed by atoms with Crippen molar-refractivity contribution >= 4 is 22.9 Å². The Hall–Kier alpha value is -4.74. The molecule has 1 saturated heterocycles. The fourth-order valence-corrected chi connectivity index (χ4v) is 5.40. The zero-order valence-electron chi connectivity index (χ0n) is 23.2. The first-order valence-corrected chi connectivity index (χ1v) is 13.6. The minimum atomic E-state index is -0.869. The number of nitrogens with one attached hydrogen (secondary N) is 1. The van der Waals surface area contributed by atoms with Crippen molar-refractivity contribution in [2.45, 2.75) is 39.0 Å². The third-order valence-electron chi connectivity index (χ3n) is 7.39. The summed E-state index contributed by atoms with van der Waals surface area (Å²) >= 11 is 0. The van der Waals surface area contributed by atoms with Gasteiger partial charge in [-0.15, -0.1) is 0 Å². The molecule has 0 spiro atoms. The van der Waals surface area contributed by atoms with Gasteiger partial charge in [-0.2, -0.15) is 0 Å². The van der Waals surface area contributed by atoms with Crippen LogP contribution in [0.3, 0.4) is 0 Å². The van der Waals surface area contributed by atoms with Crippen molar-refractivity contribution in [2.75, 3.05) is 18.0 Å². The molecule has 0 bridgehead atoms. The Morgan fingerprint density at radius 3 is 2.33 bits per heavy atom. The molecule has 4 aromatic rings. The molecule has 2 aliphatic rings. The fraction of sp³-hybridized carbons (Fsp3) is 0.333. The number of anilines is 1. The van der Waals surface area contributed by atoms with E-state index in [4.69, 9.17) is 9.57 Å². The number of rotatable bonds is 6. The third-order valence-corrected chi connectivity index (χ3v) is 7.39. The number of fused-ring (bicyclic) bond motifs is 2. The number of carbonyl (C=O) groups is 1. The molecule has 0 radical (unpaired) electrons. The van der Waals surface area contributed by atoms with Crippen LogP contribution in [0.15, 0.2) is 70.3 Å². The second-order valence-corrected chi connectivity index (χ2v) is 11.5. The number of pyridine rings is 1. The van der Waals surface area contributed by atoms with Crippen LogP contribution in [0.5, 0.6) is 0 Å². The van der Waals surface area contributed by atoms with E-state index in [0.717, 1.165) is 10.6 Å². The Morgan fingerprint density at radius 1 is 1.02 bits per heavy atom. The lowest BCUT2D eigenvalue weighted by molar-refractivity contribution is 0.0518. The molecule has 2 aromatic carbocycles. The molecule has 1 aliphatic carbocycles. The molecule has 218 valence electrons. The van der Waals surface area contributed by atoms with E-state index in [2.05, 4.69) is 10.3 Å². The Kier molecular flexibility index (Phi) is 6.71. The molecule has 2 aromatic heterocycles. The van der Waals surface area contributed by atoms with Gasteiger partial charge in [-0.05, 0) is 56.7 Å². The van der Waals surface area contributed by atoms with Gasteiger partial charge in [0.15, 0.2) is 17.3 Å². The second-order valence-electron chi connectivity index (χ2n) is 11.5. The van der Waals surface area contributed by atoms with Crippen LogP contribution >= 0.6 is 0 Å². The van der Waals surface area contributed by atoms with Crippen LogP contribution in [0.1, 0.15) is 26.3 Å². The summed E-state index contributed by atoms with van der Waals surface area (Å²) in [4.78, 5) is 51.0. The summed E-state index contributed by atoms with van der Waals surface area (Å²) in [6, 6.07) is 15.0. The number of carbonyl (C=O) groups excluding carboxylic acids is 1. The van der Waals surface area contributed by atoms with Crippen molar-refractivity contribution in [3.8, 4) is 5.69 Å². The lowest BCUT2D eigenvalue weighted by Crippen LogP contribution is -2.43. The number of benzene rings is 2. The van der Waals surface area contributed by atoms with Gasteiger partial charge in [0.05, 0.1) is 11.1 Å². The van der Waals surface area contributed by atoms with Crippen LogP contribution in [0.4, 0.5) is 19.4 Å². The summed E-state index contributed by atoms with van der Waals surface area (Å²) < 4.78 is 36.3. The first-order chi connectivity index (χ1) is 20.0. The Bertz CT molecular complexity index is 1770.